The zero-order chi connectivity index (χ0) is 9.38. The maximum Gasteiger partial charge on any atom is 0.0787 e. The highest BCUT2D eigenvalue weighted by molar-refractivity contribution is 5.95. The molecule has 0 N–H and O–H groups in total. The molecule has 2 aromatic carbocycles. The van der Waals surface area contributed by atoms with Gasteiger partial charge in [-0.05, 0) is 22.9 Å². The summed E-state index contributed by atoms with van der Waals surface area (Å²) in [7, 11) is 0. The molecule has 0 spiro atoms. The number of fused-ring (bicyclic) bond motifs is 2. The minimum absolute atomic E-state index is 0.936. The maximum atomic E-state index is 4.28. The minimum atomic E-state index is 0.936. The van der Waals surface area contributed by atoms with Gasteiger partial charge in [-0.3, -0.25) is 4.98 Å². The van der Waals surface area contributed by atoms with Gasteiger partial charge in [0.05, 0.1) is 5.52 Å². The fourth-order valence-electron chi connectivity index (χ4n) is 1.67. The standard InChI is InChI=1S/C13H8N/c1-2-5-11-9-13-12(6-3-7-14-13)8-10(11)4-1/h1-8H. The second kappa shape index (κ2) is 2.81. The van der Waals surface area contributed by atoms with Crippen LogP contribution in [-0.2, 0) is 0 Å². The summed E-state index contributed by atoms with van der Waals surface area (Å²) < 4.78 is 0. The van der Waals surface area contributed by atoms with Crippen molar-refractivity contribution in [1.82, 2.24) is 4.98 Å². The summed E-state index contributed by atoms with van der Waals surface area (Å²) in [5.41, 5.74) is 0.936. The average Bonchev–Trinajstić information content (AvgIpc) is 2.26. The van der Waals surface area contributed by atoms with Crippen molar-refractivity contribution in [3.63, 3.8) is 0 Å². The molecule has 65 valence electrons. The fourth-order valence-corrected chi connectivity index (χ4v) is 1.67. The quantitative estimate of drug-likeness (QED) is 0.482. The molecule has 1 radical (unpaired) electrons. The van der Waals surface area contributed by atoms with E-state index in [-0.39, 0.29) is 0 Å². The van der Waals surface area contributed by atoms with Gasteiger partial charge >= 0.3 is 0 Å². The van der Waals surface area contributed by atoms with Crippen molar-refractivity contribution in [2.45, 2.75) is 0 Å². The van der Waals surface area contributed by atoms with Gasteiger partial charge in [0, 0.05) is 17.6 Å². The molecular weight excluding hydrogens is 170 g/mol. The average molecular weight is 178 g/mol. The first kappa shape index (κ1) is 7.51. The fraction of sp³-hybridized carbons (Fsp3) is 0. The Bertz CT molecular complexity index is 494. The molecular formula is C13H8N. The Hall–Kier alpha value is -1.89. The minimum Gasteiger partial charge on any atom is -0.256 e. The van der Waals surface area contributed by atoms with E-state index >= 15 is 0 Å². The van der Waals surface area contributed by atoms with Gasteiger partial charge in [0.25, 0.3) is 0 Å². The highest BCUT2D eigenvalue weighted by Gasteiger charge is 1.96. The van der Waals surface area contributed by atoms with E-state index in [4.69, 9.17) is 0 Å². The highest BCUT2D eigenvalue weighted by Crippen LogP contribution is 2.19. The summed E-state index contributed by atoms with van der Waals surface area (Å²) >= 11 is 0. The zero-order valence-electron chi connectivity index (χ0n) is 7.57. The molecule has 3 rings (SSSR count). The Morgan fingerprint density at radius 2 is 1.79 bits per heavy atom. The second-order valence-corrected chi connectivity index (χ2v) is 3.30. The Morgan fingerprint density at radius 3 is 2.79 bits per heavy atom. The Kier molecular flexibility index (Phi) is 1.51. The number of hydrogen-bond acceptors (Lipinski definition) is 1. The van der Waals surface area contributed by atoms with E-state index in [2.05, 4.69) is 35.3 Å². The van der Waals surface area contributed by atoms with E-state index in [1.54, 1.807) is 6.20 Å². The molecule has 3 aromatic rings. The molecule has 0 bridgehead atoms. The van der Waals surface area contributed by atoms with Crippen LogP contribution in [0.4, 0.5) is 0 Å². The number of benzene rings is 2. The number of rotatable bonds is 0. The van der Waals surface area contributed by atoms with Crippen LogP contribution in [0.3, 0.4) is 0 Å². The first-order valence-electron chi connectivity index (χ1n) is 4.59. The third-order valence-corrected chi connectivity index (χ3v) is 2.36. The van der Waals surface area contributed by atoms with Crippen LogP contribution >= 0.6 is 0 Å². The normalized spacial score (nSPS) is 10.9. The molecule has 0 aliphatic rings. The number of hydrogen-bond donors (Lipinski definition) is 0. The molecule has 0 aliphatic heterocycles. The molecule has 0 unspecified atom stereocenters. The van der Waals surface area contributed by atoms with Crippen LogP contribution in [0.25, 0.3) is 21.7 Å². The third-order valence-electron chi connectivity index (χ3n) is 2.36. The largest absolute Gasteiger partial charge is 0.256 e. The lowest BCUT2D eigenvalue weighted by Gasteiger charge is -1.99. The topological polar surface area (TPSA) is 12.9 Å². The molecule has 0 saturated heterocycles. The summed E-state index contributed by atoms with van der Waals surface area (Å²) in [6.07, 6.45) is 1.80. The van der Waals surface area contributed by atoms with Gasteiger partial charge in [0.15, 0.2) is 0 Å². The molecule has 0 aliphatic carbocycles. The van der Waals surface area contributed by atoms with E-state index in [0.29, 0.717) is 0 Å². The van der Waals surface area contributed by atoms with Crippen LogP contribution in [0.5, 0.6) is 0 Å². The predicted octanol–water partition coefficient (Wildman–Crippen LogP) is 3.19. The van der Waals surface area contributed by atoms with Crippen molar-refractivity contribution in [2.75, 3.05) is 0 Å². The summed E-state index contributed by atoms with van der Waals surface area (Å²) in [5, 5.41) is 3.48. The molecule has 0 atom stereocenters. The van der Waals surface area contributed by atoms with E-state index in [9.17, 15) is 0 Å². The van der Waals surface area contributed by atoms with Gasteiger partial charge in [0.2, 0.25) is 0 Å². The van der Waals surface area contributed by atoms with Crippen molar-refractivity contribution in [3.8, 4) is 0 Å². The van der Waals surface area contributed by atoms with Gasteiger partial charge < -0.3 is 0 Å². The van der Waals surface area contributed by atoms with Crippen LogP contribution < -0.4 is 0 Å². The van der Waals surface area contributed by atoms with Crippen LogP contribution in [0.2, 0.25) is 0 Å². The van der Waals surface area contributed by atoms with Gasteiger partial charge in [0.1, 0.15) is 0 Å². The Labute approximate surface area is 82.0 Å². The van der Waals surface area contributed by atoms with Crippen LogP contribution in [0, 0.1) is 6.07 Å². The van der Waals surface area contributed by atoms with Crippen molar-refractivity contribution in [3.05, 3.63) is 54.7 Å². The molecule has 0 saturated carbocycles. The SMILES string of the molecule is [c]1c2ccccc2cc2cccnc12. The van der Waals surface area contributed by atoms with E-state index < -0.39 is 0 Å². The molecule has 0 fully saturated rings. The molecule has 1 heteroatoms. The molecule has 0 amide bonds. The van der Waals surface area contributed by atoms with Gasteiger partial charge in [-0.15, -0.1) is 0 Å². The van der Waals surface area contributed by atoms with E-state index in [0.717, 1.165) is 16.3 Å². The number of aromatic nitrogens is 1. The van der Waals surface area contributed by atoms with E-state index in [1.165, 1.54) is 5.39 Å². The summed E-state index contributed by atoms with van der Waals surface area (Å²) in [6.45, 7) is 0. The summed E-state index contributed by atoms with van der Waals surface area (Å²) in [4.78, 5) is 4.28. The monoisotopic (exact) mass is 178 g/mol. The Morgan fingerprint density at radius 1 is 0.929 bits per heavy atom. The predicted molar refractivity (Wildman–Crippen MR) is 58.1 cm³/mol. The lowest BCUT2D eigenvalue weighted by atomic mass is 10.1. The molecule has 14 heavy (non-hydrogen) atoms. The first-order chi connectivity index (χ1) is 6.93. The second-order valence-electron chi connectivity index (χ2n) is 3.30. The number of pyridine rings is 1. The van der Waals surface area contributed by atoms with Gasteiger partial charge in [-0.2, -0.15) is 0 Å². The first-order valence-corrected chi connectivity index (χ1v) is 4.59. The zero-order valence-corrected chi connectivity index (χ0v) is 7.57. The van der Waals surface area contributed by atoms with Crippen molar-refractivity contribution in [2.24, 2.45) is 0 Å². The molecule has 1 aromatic heterocycles. The van der Waals surface area contributed by atoms with Gasteiger partial charge in [-0.25, -0.2) is 0 Å². The van der Waals surface area contributed by atoms with Crippen molar-refractivity contribution < 1.29 is 0 Å². The Balaban J connectivity index is 2.52. The highest BCUT2D eigenvalue weighted by atomic mass is 14.6. The molecule has 1 heterocycles. The van der Waals surface area contributed by atoms with Gasteiger partial charge in [-0.1, -0.05) is 30.3 Å². The van der Waals surface area contributed by atoms with Crippen molar-refractivity contribution in [1.29, 1.82) is 0 Å². The van der Waals surface area contributed by atoms with Crippen molar-refractivity contribution >= 4 is 21.7 Å². The number of nitrogens with zero attached hydrogens (tertiary/aromatic N) is 1. The lowest BCUT2D eigenvalue weighted by molar-refractivity contribution is 1.42. The van der Waals surface area contributed by atoms with Crippen LogP contribution in [0.1, 0.15) is 0 Å². The maximum absolute atomic E-state index is 4.28. The summed E-state index contributed by atoms with van der Waals surface area (Å²) in [6, 6.07) is 17.7. The third kappa shape index (κ3) is 1.06. The van der Waals surface area contributed by atoms with Crippen LogP contribution in [0.15, 0.2) is 48.7 Å². The smallest absolute Gasteiger partial charge is 0.0787 e. The molecule has 1 nitrogen and oxygen atoms in total. The summed E-state index contributed by atoms with van der Waals surface area (Å²) in [5.74, 6) is 0. The van der Waals surface area contributed by atoms with Crippen LogP contribution in [-0.4, -0.2) is 4.98 Å². The van der Waals surface area contributed by atoms with E-state index in [1.807, 2.05) is 18.2 Å². The lowest BCUT2D eigenvalue weighted by Crippen LogP contribution is -1.79.